The van der Waals surface area contributed by atoms with E-state index in [4.69, 9.17) is 0 Å². The molecule has 0 amide bonds. The number of aliphatic hydroxyl groups excluding tert-OH is 1. The third-order valence-corrected chi connectivity index (χ3v) is 4.33. The van der Waals surface area contributed by atoms with Crippen LogP contribution in [0.5, 0.6) is 0 Å². The highest BCUT2D eigenvalue weighted by Gasteiger charge is 2.46. The fourth-order valence-electron chi connectivity index (χ4n) is 3.37. The van der Waals surface area contributed by atoms with Crippen molar-refractivity contribution >= 4 is 0 Å². The van der Waals surface area contributed by atoms with Crippen molar-refractivity contribution in [3.63, 3.8) is 0 Å². The zero-order valence-electron chi connectivity index (χ0n) is 8.65. The molecular formula is C11H20N2O. The molecule has 2 atom stereocenters. The SMILES string of the molecule is OC1C2CC1CN(C1CCNCC1)C2. The Labute approximate surface area is 85.5 Å². The van der Waals surface area contributed by atoms with E-state index in [1.165, 1.54) is 32.4 Å². The van der Waals surface area contributed by atoms with Gasteiger partial charge in [0, 0.05) is 19.1 Å². The van der Waals surface area contributed by atoms with Crippen molar-refractivity contribution in [3.8, 4) is 0 Å². The van der Waals surface area contributed by atoms with Crippen LogP contribution in [-0.2, 0) is 0 Å². The summed E-state index contributed by atoms with van der Waals surface area (Å²) < 4.78 is 0. The maximum Gasteiger partial charge on any atom is 0.0621 e. The van der Waals surface area contributed by atoms with Crippen molar-refractivity contribution in [3.05, 3.63) is 0 Å². The molecule has 3 heterocycles. The summed E-state index contributed by atoms with van der Waals surface area (Å²) in [4.78, 5) is 2.63. The van der Waals surface area contributed by atoms with Crippen LogP contribution in [0.25, 0.3) is 0 Å². The summed E-state index contributed by atoms with van der Waals surface area (Å²) in [5.41, 5.74) is 0. The molecule has 0 radical (unpaired) electrons. The highest BCUT2D eigenvalue weighted by molar-refractivity contribution is 4.99. The van der Waals surface area contributed by atoms with Crippen LogP contribution in [0, 0.1) is 11.8 Å². The van der Waals surface area contributed by atoms with Crippen LogP contribution in [0.2, 0.25) is 0 Å². The van der Waals surface area contributed by atoms with E-state index in [0.29, 0.717) is 11.8 Å². The number of rotatable bonds is 1. The largest absolute Gasteiger partial charge is 0.392 e. The quantitative estimate of drug-likeness (QED) is 0.622. The van der Waals surface area contributed by atoms with Gasteiger partial charge in [-0.2, -0.15) is 0 Å². The summed E-state index contributed by atoms with van der Waals surface area (Å²) in [5.74, 6) is 1.20. The molecule has 0 spiro atoms. The normalized spacial score (nSPS) is 44.8. The average Bonchev–Trinajstić information content (AvgIpc) is 2.30. The van der Waals surface area contributed by atoms with Gasteiger partial charge in [-0.3, -0.25) is 4.90 Å². The van der Waals surface area contributed by atoms with Gasteiger partial charge in [0.15, 0.2) is 0 Å². The standard InChI is InChI=1S/C11H20N2O/c14-11-8-5-9(11)7-13(6-8)10-1-3-12-4-2-10/h8-12,14H,1-7H2. The molecule has 0 aromatic heterocycles. The molecule has 14 heavy (non-hydrogen) atoms. The number of nitrogens with one attached hydrogen (secondary N) is 1. The minimum Gasteiger partial charge on any atom is -0.392 e. The van der Waals surface area contributed by atoms with E-state index in [0.717, 1.165) is 19.1 Å². The summed E-state index contributed by atoms with van der Waals surface area (Å²) >= 11 is 0. The number of nitrogens with zero attached hydrogens (tertiary/aromatic N) is 1. The van der Waals surface area contributed by atoms with Crippen LogP contribution in [0.3, 0.4) is 0 Å². The third-order valence-electron chi connectivity index (χ3n) is 4.33. The van der Waals surface area contributed by atoms with Crippen LogP contribution < -0.4 is 5.32 Å². The fraction of sp³-hybridized carbons (Fsp3) is 1.00. The molecule has 4 aliphatic rings. The maximum absolute atomic E-state index is 9.70. The molecule has 3 nitrogen and oxygen atoms in total. The van der Waals surface area contributed by atoms with Crippen molar-refractivity contribution in [2.75, 3.05) is 26.2 Å². The smallest absolute Gasteiger partial charge is 0.0621 e. The lowest BCUT2D eigenvalue weighted by atomic mass is 9.67. The zero-order valence-corrected chi connectivity index (χ0v) is 8.65. The Morgan fingerprint density at radius 3 is 2.29 bits per heavy atom. The van der Waals surface area contributed by atoms with Crippen molar-refractivity contribution in [1.82, 2.24) is 10.2 Å². The minimum absolute atomic E-state index is 0.0352. The molecule has 3 aliphatic heterocycles. The van der Waals surface area contributed by atoms with Gasteiger partial charge in [0.25, 0.3) is 0 Å². The van der Waals surface area contributed by atoms with Crippen LogP contribution in [0.15, 0.2) is 0 Å². The monoisotopic (exact) mass is 196 g/mol. The third kappa shape index (κ3) is 1.38. The van der Waals surface area contributed by atoms with Crippen LogP contribution >= 0.6 is 0 Å². The van der Waals surface area contributed by atoms with Gasteiger partial charge >= 0.3 is 0 Å². The summed E-state index contributed by atoms with van der Waals surface area (Å²) in [5, 5.41) is 13.1. The van der Waals surface area contributed by atoms with Gasteiger partial charge in [-0.25, -0.2) is 0 Å². The maximum atomic E-state index is 9.70. The first-order valence-electron chi connectivity index (χ1n) is 5.97. The Bertz CT molecular complexity index is 203. The van der Waals surface area contributed by atoms with Crippen LogP contribution in [-0.4, -0.2) is 48.3 Å². The summed E-state index contributed by atoms with van der Waals surface area (Å²) in [7, 11) is 0. The minimum atomic E-state index is 0.0352. The Morgan fingerprint density at radius 2 is 1.71 bits per heavy atom. The van der Waals surface area contributed by atoms with Crippen LogP contribution in [0.1, 0.15) is 19.3 Å². The second-order valence-corrected chi connectivity index (χ2v) is 5.18. The van der Waals surface area contributed by atoms with Crippen molar-refractivity contribution in [2.24, 2.45) is 11.8 Å². The zero-order chi connectivity index (χ0) is 9.54. The predicted molar refractivity (Wildman–Crippen MR) is 55.1 cm³/mol. The molecule has 2 unspecified atom stereocenters. The first-order valence-corrected chi connectivity index (χ1v) is 5.97. The van der Waals surface area contributed by atoms with E-state index in [-0.39, 0.29) is 6.10 Å². The Morgan fingerprint density at radius 1 is 1.07 bits per heavy atom. The molecule has 0 aromatic rings. The van der Waals surface area contributed by atoms with Crippen molar-refractivity contribution < 1.29 is 5.11 Å². The first kappa shape index (κ1) is 9.13. The van der Waals surface area contributed by atoms with Crippen molar-refractivity contribution in [1.29, 1.82) is 0 Å². The Balaban J connectivity index is 1.59. The molecular weight excluding hydrogens is 176 g/mol. The Kier molecular flexibility index (Phi) is 2.26. The lowest BCUT2D eigenvalue weighted by Gasteiger charge is -2.53. The second kappa shape index (κ2) is 3.47. The van der Waals surface area contributed by atoms with E-state index >= 15 is 0 Å². The number of hydrogen-bond donors (Lipinski definition) is 2. The number of fused-ring (bicyclic) bond motifs is 2. The van der Waals surface area contributed by atoms with E-state index in [1.54, 1.807) is 0 Å². The van der Waals surface area contributed by atoms with E-state index < -0.39 is 0 Å². The van der Waals surface area contributed by atoms with Crippen molar-refractivity contribution in [2.45, 2.75) is 31.4 Å². The summed E-state index contributed by atoms with van der Waals surface area (Å²) in [6.45, 7) is 4.67. The number of aliphatic hydroxyl groups is 1. The van der Waals surface area contributed by atoms with Gasteiger partial charge in [0.2, 0.25) is 0 Å². The second-order valence-electron chi connectivity index (χ2n) is 5.18. The lowest BCUT2D eigenvalue weighted by Crippen LogP contribution is -2.61. The molecule has 1 saturated carbocycles. The van der Waals surface area contributed by atoms with Gasteiger partial charge in [-0.05, 0) is 44.2 Å². The molecule has 2 bridgehead atoms. The van der Waals surface area contributed by atoms with Gasteiger partial charge < -0.3 is 10.4 Å². The van der Waals surface area contributed by atoms with E-state index in [1.807, 2.05) is 0 Å². The lowest BCUT2D eigenvalue weighted by molar-refractivity contribution is -0.119. The Hall–Kier alpha value is -0.120. The first-order chi connectivity index (χ1) is 6.84. The molecule has 0 aromatic carbocycles. The highest BCUT2D eigenvalue weighted by Crippen LogP contribution is 2.41. The molecule has 2 N–H and O–H groups in total. The van der Waals surface area contributed by atoms with Gasteiger partial charge in [-0.15, -0.1) is 0 Å². The molecule has 4 rings (SSSR count). The molecule has 4 fully saturated rings. The molecule has 3 saturated heterocycles. The van der Waals surface area contributed by atoms with Crippen LogP contribution in [0.4, 0.5) is 0 Å². The number of hydrogen-bond acceptors (Lipinski definition) is 3. The number of piperidine rings is 3. The van der Waals surface area contributed by atoms with Gasteiger partial charge in [0.1, 0.15) is 0 Å². The molecule has 3 heteroatoms. The highest BCUT2D eigenvalue weighted by atomic mass is 16.3. The molecule has 80 valence electrons. The van der Waals surface area contributed by atoms with E-state index in [2.05, 4.69) is 10.2 Å². The summed E-state index contributed by atoms with van der Waals surface area (Å²) in [6, 6.07) is 0.800. The topological polar surface area (TPSA) is 35.5 Å². The van der Waals surface area contributed by atoms with Gasteiger partial charge in [0.05, 0.1) is 6.10 Å². The predicted octanol–water partition coefficient (Wildman–Crippen LogP) is 0.0510. The average molecular weight is 196 g/mol. The fourth-order valence-corrected chi connectivity index (χ4v) is 3.37. The van der Waals surface area contributed by atoms with Gasteiger partial charge in [-0.1, -0.05) is 0 Å². The summed E-state index contributed by atoms with van der Waals surface area (Å²) in [6.07, 6.45) is 3.92. The van der Waals surface area contributed by atoms with E-state index in [9.17, 15) is 5.11 Å². The molecule has 1 aliphatic carbocycles.